The van der Waals surface area contributed by atoms with E-state index in [1.807, 2.05) is 19.2 Å². The minimum absolute atomic E-state index is 0.00383. The van der Waals surface area contributed by atoms with E-state index < -0.39 is 0 Å². The van der Waals surface area contributed by atoms with E-state index in [-0.39, 0.29) is 23.9 Å². The summed E-state index contributed by atoms with van der Waals surface area (Å²) >= 11 is 1.66. The van der Waals surface area contributed by atoms with E-state index in [1.165, 1.54) is 5.56 Å². The van der Waals surface area contributed by atoms with Gasteiger partial charge in [-0.2, -0.15) is 11.3 Å². The minimum Gasteiger partial charge on any atom is -0.343 e. The number of hydrogen-bond acceptors (Lipinski definition) is 3. The topological polar surface area (TPSA) is 49.4 Å². The Morgan fingerprint density at radius 2 is 2.15 bits per heavy atom. The number of thiophene rings is 1. The number of hydrogen-bond donors (Lipinski definition) is 1. The smallest absolute Gasteiger partial charge is 0.245 e. The van der Waals surface area contributed by atoms with Crippen LogP contribution in [0.25, 0.3) is 0 Å². The van der Waals surface area contributed by atoms with Crippen LogP contribution in [0, 0.1) is 0 Å². The van der Waals surface area contributed by atoms with E-state index in [0.29, 0.717) is 13.0 Å². The molecule has 0 aromatic carbocycles. The van der Waals surface area contributed by atoms with Crippen molar-refractivity contribution >= 4 is 23.2 Å². The fourth-order valence-electron chi connectivity index (χ4n) is 2.67. The Bertz CT molecular complexity index is 458. The van der Waals surface area contributed by atoms with Gasteiger partial charge in [0.25, 0.3) is 0 Å². The van der Waals surface area contributed by atoms with Gasteiger partial charge in [0.2, 0.25) is 11.8 Å². The van der Waals surface area contributed by atoms with Crippen molar-refractivity contribution in [3.63, 3.8) is 0 Å². The zero-order chi connectivity index (χ0) is 14.5. The van der Waals surface area contributed by atoms with E-state index in [9.17, 15) is 9.59 Å². The molecule has 0 spiro atoms. The van der Waals surface area contributed by atoms with Crippen LogP contribution in [-0.2, 0) is 16.0 Å². The minimum atomic E-state index is -0.335. The first kappa shape index (κ1) is 15.0. The maximum Gasteiger partial charge on any atom is 0.245 e. The average Bonchev–Trinajstić information content (AvgIpc) is 2.94. The van der Waals surface area contributed by atoms with Gasteiger partial charge in [-0.3, -0.25) is 9.59 Å². The van der Waals surface area contributed by atoms with Gasteiger partial charge in [0, 0.05) is 6.54 Å². The third-order valence-electron chi connectivity index (χ3n) is 3.76. The number of nitrogens with zero attached hydrogens (tertiary/aromatic N) is 1. The number of rotatable bonds is 6. The number of nitrogens with one attached hydrogen (secondary N) is 1. The highest BCUT2D eigenvalue weighted by Crippen LogP contribution is 2.17. The Morgan fingerprint density at radius 3 is 2.75 bits per heavy atom. The van der Waals surface area contributed by atoms with E-state index in [2.05, 4.69) is 16.8 Å². The molecule has 1 aromatic heterocycles. The van der Waals surface area contributed by atoms with Crippen molar-refractivity contribution in [2.75, 3.05) is 6.54 Å². The summed E-state index contributed by atoms with van der Waals surface area (Å²) in [5.74, 6) is 0.0735. The predicted molar refractivity (Wildman–Crippen MR) is 80.7 cm³/mol. The van der Waals surface area contributed by atoms with Crippen LogP contribution in [0.2, 0.25) is 0 Å². The Morgan fingerprint density at radius 1 is 1.35 bits per heavy atom. The number of carbonyl (C=O) groups is 2. The highest BCUT2D eigenvalue weighted by Gasteiger charge is 2.38. The zero-order valence-electron chi connectivity index (χ0n) is 12.1. The SMILES string of the molecule is CCCC1NC(=O)C(CC)N(CCc2ccsc2)C1=O. The van der Waals surface area contributed by atoms with E-state index >= 15 is 0 Å². The van der Waals surface area contributed by atoms with Crippen molar-refractivity contribution in [3.05, 3.63) is 22.4 Å². The van der Waals surface area contributed by atoms with E-state index in [4.69, 9.17) is 0 Å². The molecule has 0 bridgehead atoms. The molecular weight excluding hydrogens is 272 g/mol. The third-order valence-corrected chi connectivity index (χ3v) is 4.49. The molecule has 0 radical (unpaired) electrons. The summed E-state index contributed by atoms with van der Waals surface area (Å²) in [5, 5.41) is 7.00. The summed E-state index contributed by atoms with van der Waals surface area (Å²) in [5.41, 5.74) is 1.23. The molecule has 2 unspecified atom stereocenters. The van der Waals surface area contributed by atoms with Gasteiger partial charge in [-0.1, -0.05) is 20.3 Å². The van der Waals surface area contributed by atoms with Crippen LogP contribution in [0.3, 0.4) is 0 Å². The van der Waals surface area contributed by atoms with Crippen molar-refractivity contribution in [2.24, 2.45) is 0 Å². The first-order valence-corrected chi connectivity index (χ1v) is 8.23. The highest BCUT2D eigenvalue weighted by atomic mass is 32.1. The summed E-state index contributed by atoms with van der Waals surface area (Å²) in [6, 6.07) is 1.43. The molecule has 4 nitrogen and oxygen atoms in total. The van der Waals surface area contributed by atoms with Crippen LogP contribution in [0.15, 0.2) is 16.8 Å². The van der Waals surface area contributed by atoms with Crippen molar-refractivity contribution in [3.8, 4) is 0 Å². The molecule has 5 heteroatoms. The molecule has 1 N–H and O–H groups in total. The quantitative estimate of drug-likeness (QED) is 0.874. The van der Waals surface area contributed by atoms with Crippen LogP contribution in [0.4, 0.5) is 0 Å². The standard InChI is InChI=1S/C15H22N2O2S/c1-3-5-12-15(19)17(13(4-2)14(18)16-12)8-6-11-7-9-20-10-11/h7,9-10,12-13H,3-6,8H2,1-2H3,(H,16,18). The zero-order valence-corrected chi connectivity index (χ0v) is 12.9. The second-order valence-corrected chi connectivity index (χ2v) is 5.97. The molecule has 1 fully saturated rings. The highest BCUT2D eigenvalue weighted by molar-refractivity contribution is 7.07. The lowest BCUT2D eigenvalue weighted by Crippen LogP contribution is -2.63. The summed E-state index contributed by atoms with van der Waals surface area (Å²) in [6.07, 6.45) is 3.10. The molecule has 2 rings (SSSR count). The van der Waals surface area contributed by atoms with Gasteiger partial charge >= 0.3 is 0 Å². The van der Waals surface area contributed by atoms with Crippen molar-refractivity contribution in [2.45, 2.75) is 51.6 Å². The van der Waals surface area contributed by atoms with Crippen LogP contribution < -0.4 is 5.32 Å². The second kappa shape index (κ2) is 6.88. The molecule has 2 atom stereocenters. The first-order chi connectivity index (χ1) is 9.67. The van der Waals surface area contributed by atoms with Gasteiger partial charge in [-0.25, -0.2) is 0 Å². The molecule has 2 heterocycles. The third kappa shape index (κ3) is 3.20. The summed E-state index contributed by atoms with van der Waals surface area (Å²) in [6.45, 7) is 4.61. The molecular formula is C15H22N2O2S. The average molecular weight is 294 g/mol. The molecule has 110 valence electrons. The fraction of sp³-hybridized carbons (Fsp3) is 0.600. The lowest BCUT2D eigenvalue weighted by atomic mass is 10.0. The number of piperazine rings is 1. The van der Waals surface area contributed by atoms with E-state index in [1.54, 1.807) is 16.2 Å². The summed E-state index contributed by atoms with van der Waals surface area (Å²) in [4.78, 5) is 26.4. The van der Waals surface area contributed by atoms with Gasteiger partial charge < -0.3 is 10.2 Å². The number of carbonyl (C=O) groups excluding carboxylic acids is 2. The molecule has 0 aliphatic carbocycles. The number of amides is 2. The molecule has 1 aliphatic rings. The van der Waals surface area contributed by atoms with Crippen LogP contribution in [-0.4, -0.2) is 35.3 Å². The second-order valence-electron chi connectivity index (χ2n) is 5.19. The van der Waals surface area contributed by atoms with Gasteiger partial charge in [-0.15, -0.1) is 0 Å². The van der Waals surface area contributed by atoms with Crippen LogP contribution in [0.5, 0.6) is 0 Å². The Hall–Kier alpha value is -1.36. The summed E-state index contributed by atoms with van der Waals surface area (Å²) < 4.78 is 0. The van der Waals surface area contributed by atoms with Gasteiger partial charge in [0.1, 0.15) is 12.1 Å². The Labute approximate surface area is 124 Å². The maximum absolute atomic E-state index is 12.5. The molecule has 1 aliphatic heterocycles. The molecule has 0 saturated carbocycles. The predicted octanol–water partition coefficient (Wildman–Crippen LogP) is 2.20. The van der Waals surface area contributed by atoms with Crippen molar-refractivity contribution < 1.29 is 9.59 Å². The summed E-state index contributed by atoms with van der Waals surface area (Å²) in [7, 11) is 0. The van der Waals surface area contributed by atoms with Gasteiger partial charge in [0.15, 0.2) is 0 Å². The first-order valence-electron chi connectivity index (χ1n) is 7.29. The normalized spacial score (nSPS) is 23.0. The van der Waals surface area contributed by atoms with Gasteiger partial charge in [0.05, 0.1) is 0 Å². The lowest BCUT2D eigenvalue weighted by molar-refractivity contribution is -0.149. The van der Waals surface area contributed by atoms with Gasteiger partial charge in [-0.05, 0) is 41.7 Å². The van der Waals surface area contributed by atoms with Crippen LogP contribution in [0.1, 0.15) is 38.7 Å². The fourth-order valence-corrected chi connectivity index (χ4v) is 3.37. The largest absolute Gasteiger partial charge is 0.343 e. The Kier molecular flexibility index (Phi) is 5.17. The molecule has 2 amide bonds. The lowest BCUT2D eigenvalue weighted by Gasteiger charge is -2.38. The molecule has 20 heavy (non-hydrogen) atoms. The monoisotopic (exact) mass is 294 g/mol. The maximum atomic E-state index is 12.5. The van der Waals surface area contributed by atoms with Crippen LogP contribution >= 0.6 is 11.3 Å². The van der Waals surface area contributed by atoms with Crippen molar-refractivity contribution in [1.82, 2.24) is 10.2 Å². The molecule has 1 aromatic rings. The Balaban J connectivity index is 2.07. The molecule has 1 saturated heterocycles. The van der Waals surface area contributed by atoms with Crippen molar-refractivity contribution in [1.29, 1.82) is 0 Å². The van der Waals surface area contributed by atoms with E-state index in [0.717, 1.165) is 19.3 Å².